The molecule has 0 bridgehead atoms. The summed E-state index contributed by atoms with van der Waals surface area (Å²) in [5.41, 5.74) is 1.51. The molecule has 0 amide bonds. The zero-order chi connectivity index (χ0) is 9.90. The summed E-state index contributed by atoms with van der Waals surface area (Å²) < 4.78 is 0. The van der Waals surface area contributed by atoms with Crippen LogP contribution >= 0.6 is 11.8 Å². The van der Waals surface area contributed by atoms with Crippen LogP contribution in [0.4, 0.5) is 0 Å². The van der Waals surface area contributed by atoms with Crippen molar-refractivity contribution in [3.05, 3.63) is 23.9 Å². The van der Waals surface area contributed by atoms with Gasteiger partial charge in [0, 0.05) is 6.20 Å². The molecule has 0 unspecified atom stereocenters. The van der Waals surface area contributed by atoms with Crippen molar-refractivity contribution in [3.8, 4) is 0 Å². The van der Waals surface area contributed by atoms with Crippen molar-refractivity contribution >= 4 is 11.8 Å². The van der Waals surface area contributed by atoms with Gasteiger partial charge < -0.3 is 0 Å². The van der Waals surface area contributed by atoms with Crippen LogP contribution < -0.4 is 0 Å². The molecule has 0 aromatic carbocycles. The highest BCUT2D eigenvalue weighted by molar-refractivity contribution is 7.99. The third-order valence-corrected chi connectivity index (χ3v) is 2.72. The maximum atomic E-state index is 4.40. The second kappa shape index (κ2) is 4.14. The summed E-state index contributed by atoms with van der Waals surface area (Å²) in [7, 11) is 0. The summed E-state index contributed by atoms with van der Waals surface area (Å²) >= 11 is 1.78. The van der Waals surface area contributed by atoms with Gasteiger partial charge in [0.05, 0.1) is 5.03 Å². The Bertz CT molecular complexity index is 258. The summed E-state index contributed by atoms with van der Waals surface area (Å²) in [6.07, 6.45) is 1.98. The third-order valence-electron chi connectivity index (χ3n) is 1.89. The van der Waals surface area contributed by atoms with Crippen molar-refractivity contribution in [1.82, 2.24) is 4.98 Å². The summed E-state index contributed by atoms with van der Waals surface area (Å²) in [6.45, 7) is 8.76. The van der Waals surface area contributed by atoms with Gasteiger partial charge in [0.1, 0.15) is 0 Å². The first-order valence-corrected chi connectivity index (χ1v) is 5.62. The fraction of sp³-hybridized carbons (Fsp3) is 0.545. The fourth-order valence-corrected chi connectivity index (χ4v) is 1.64. The molecule has 0 N–H and O–H groups in total. The van der Waals surface area contributed by atoms with Gasteiger partial charge >= 0.3 is 0 Å². The van der Waals surface area contributed by atoms with Crippen LogP contribution in [0, 0.1) is 0 Å². The van der Waals surface area contributed by atoms with Gasteiger partial charge in [0.25, 0.3) is 0 Å². The number of rotatable bonds is 2. The zero-order valence-electron chi connectivity index (χ0n) is 8.79. The normalized spacial score (nSPS) is 11.7. The molecule has 0 aliphatic carbocycles. The minimum Gasteiger partial charge on any atom is -0.250 e. The van der Waals surface area contributed by atoms with Gasteiger partial charge in [0.15, 0.2) is 0 Å². The highest BCUT2D eigenvalue weighted by Gasteiger charge is 2.13. The monoisotopic (exact) mass is 195 g/mol. The number of thioether (sulfide) groups is 1. The lowest BCUT2D eigenvalue weighted by Crippen LogP contribution is -2.11. The van der Waals surface area contributed by atoms with Crippen molar-refractivity contribution in [2.24, 2.45) is 0 Å². The van der Waals surface area contributed by atoms with Gasteiger partial charge in [-0.05, 0) is 22.8 Å². The molecule has 2 heteroatoms. The van der Waals surface area contributed by atoms with Crippen molar-refractivity contribution in [3.63, 3.8) is 0 Å². The Morgan fingerprint density at radius 2 is 2.00 bits per heavy atom. The lowest BCUT2D eigenvalue weighted by Gasteiger charge is -2.18. The predicted octanol–water partition coefficient (Wildman–Crippen LogP) is 3.49. The first kappa shape index (κ1) is 10.6. The predicted molar refractivity (Wildman–Crippen MR) is 59.3 cm³/mol. The summed E-state index contributed by atoms with van der Waals surface area (Å²) in [5.74, 6) is 1.09. The first-order chi connectivity index (χ1) is 6.04. The van der Waals surface area contributed by atoms with Gasteiger partial charge in [-0.15, -0.1) is 11.8 Å². The molecule has 1 aromatic heterocycles. The maximum Gasteiger partial charge on any atom is 0.0959 e. The fourth-order valence-electron chi connectivity index (χ4n) is 1.06. The Morgan fingerprint density at radius 1 is 1.31 bits per heavy atom. The second-order valence-corrected chi connectivity index (χ2v) is 5.35. The van der Waals surface area contributed by atoms with Gasteiger partial charge in [-0.25, -0.2) is 4.98 Å². The van der Waals surface area contributed by atoms with E-state index in [9.17, 15) is 0 Å². The lowest BCUT2D eigenvalue weighted by molar-refractivity contribution is 0.586. The van der Waals surface area contributed by atoms with Crippen LogP contribution in [-0.2, 0) is 5.41 Å². The first-order valence-electron chi connectivity index (χ1n) is 4.63. The molecule has 0 saturated heterocycles. The van der Waals surface area contributed by atoms with Crippen LogP contribution in [0.1, 0.15) is 33.3 Å². The van der Waals surface area contributed by atoms with Crippen LogP contribution in [-0.4, -0.2) is 10.7 Å². The smallest absolute Gasteiger partial charge is 0.0959 e. The van der Waals surface area contributed by atoms with Crippen molar-refractivity contribution < 1.29 is 0 Å². The van der Waals surface area contributed by atoms with E-state index in [1.54, 1.807) is 11.8 Å². The number of aromatic nitrogens is 1. The Kier molecular flexibility index (Phi) is 3.37. The standard InChI is InChI=1S/C11H17NS/c1-5-13-10-7-6-9(8-12-10)11(2,3)4/h6-8H,5H2,1-4H3. The lowest BCUT2D eigenvalue weighted by atomic mass is 9.88. The minimum atomic E-state index is 0.211. The van der Waals surface area contributed by atoms with Crippen LogP contribution in [0.3, 0.4) is 0 Å². The molecule has 1 rings (SSSR count). The minimum absolute atomic E-state index is 0.211. The molecular weight excluding hydrogens is 178 g/mol. The molecule has 0 spiro atoms. The Morgan fingerprint density at radius 3 is 2.38 bits per heavy atom. The Balaban J connectivity index is 2.81. The molecule has 1 heterocycles. The average Bonchev–Trinajstić information content (AvgIpc) is 2.04. The quantitative estimate of drug-likeness (QED) is 0.670. The summed E-state index contributed by atoms with van der Waals surface area (Å²) in [5, 5.41) is 1.12. The van der Waals surface area contributed by atoms with Crippen molar-refractivity contribution in [2.75, 3.05) is 5.75 Å². The van der Waals surface area contributed by atoms with Crippen LogP contribution in [0.5, 0.6) is 0 Å². The van der Waals surface area contributed by atoms with Gasteiger partial charge in [-0.3, -0.25) is 0 Å². The van der Waals surface area contributed by atoms with E-state index in [0.717, 1.165) is 10.8 Å². The Labute approximate surface area is 85.0 Å². The molecule has 0 fully saturated rings. The maximum absolute atomic E-state index is 4.40. The van der Waals surface area contributed by atoms with E-state index in [4.69, 9.17) is 0 Å². The van der Waals surface area contributed by atoms with Crippen LogP contribution in [0.2, 0.25) is 0 Å². The Hall–Kier alpha value is -0.500. The SMILES string of the molecule is CCSc1ccc(C(C)(C)C)cn1. The second-order valence-electron chi connectivity index (χ2n) is 4.07. The van der Waals surface area contributed by atoms with Gasteiger partial charge in [-0.2, -0.15) is 0 Å². The molecule has 1 aromatic rings. The van der Waals surface area contributed by atoms with Crippen molar-refractivity contribution in [1.29, 1.82) is 0 Å². The van der Waals surface area contributed by atoms with E-state index in [2.05, 4.69) is 44.8 Å². The topological polar surface area (TPSA) is 12.9 Å². The van der Waals surface area contributed by atoms with E-state index in [1.807, 2.05) is 6.20 Å². The molecule has 72 valence electrons. The summed E-state index contributed by atoms with van der Waals surface area (Å²) in [4.78, 5) is 4.40. The number of hydrogen-bond donors (Lipinski definition) is 0. The molecule has 0 aliphatic heterocycles. The van der Waals surface area contributed by atoms with E-state index >= 15 is 0 Å². The molecule has 0 saturated carbocycles. The van der Waals surface area contributed by atoms with Crippen molar-refractivity contribution in [2.45, 2.75) is 38.1 Å². The molecule has 1 nitrogen and oxygen atoms in total. The van der Waals surface area contributed by atoms with E-state index in [1.165, 1.54) is 5.56 Å². The van der Waals surface area contributed by atoms with Gasteiger partial charge in [0.2, 0.25) is 0 Å². The van der Waals surface area contributed by atoms with Crippen LogP contribution in [0.15, 0.2) is 23.4 Å². The molecule has 13 heavy (non-hydrogen) atoms. The van der Waals surface area contributed by atoms with E-state index in [0.29, 0.717) is 0 Å². The van der Waals surface area contributed by atoms with E-state index in [-0.39, 0.29) is 5.41 Å². The summed E-state index contributed by atoms with van der Waals surface area (Å²) in [6, 6.07) is 4.28. The highest BCUT2D eigenvalue weighted by Crippen LogP contribution is 2.23. The molecule has 0 aliphatic rings. The molecule has 0 radical (unpaired) electrons. The third kappa shape index (κ3) is 3.03. The largest absolute Gasteiger partial charge is 0.250 e. The van der Waals surface area contributed by atoms with E-state index < -0.39 is 0 Å². The van der Waals surface area contributed by atoms with Gasteiger partial charge in [-0.1, -0.05) is 33.8 Å². The number of hydrogen-bond acceptors (Lipinski definition) is 2. The highest BCUT2D eigenvalue weighted by atomic mass is 32.2. The average molecular weight is 195 g/mol. The zero-order valence-corrected chi connectivity index (χ0v) is 9.61. The number of nitrogens with zero attached hydrogens (tertiary/aromatic N) is 1. The number of pyridine rings is 1. The van der Waals surface area contributed by atoms with Crippen LogP contribution in [0.25, 0.3) is 0 Å². The molecule has 0 atom stereocenters. The molecular formula is C11H17NS.